The molecule has 1 heterocycles. The molecule has 0 saturated carbocycles. The van der Waals surface area contributed by atoms with E-state index in [-0.39, 0.29) is 10.9 Å². The van der Waals surface area contributed by atoms with E-state index in [1.54, 1.807) is 0 Å². The van der Waals surface area contributed by atoms with Crippen molar-refractivity contribution in [3.8, 4) is 0 Å². The monoisotopic (exact) mass is 313 g/mol. The molecule has 1 aliphatic heterocycles. The van der Waals surface area contributed by atoms with Gasteiger partial charge in [-0.15, -0.1) is 0 Å². The lowest BCUT2D eigenvalue weighted by atomic mass is 9.98. The van der Waals surface area contributed by atoms with Gasteiger partial charge in [-0.05, 0) is 57.1 Å². The van der Waals surface area contributed by atoms with E-state index in [1.165, 1.54) is 18.2 Å². The first-order valence-electron chi connectivity index (χ1n) is 7.19. The molecule has 0 bridgehead atoms. The fourth-order valence-electron chi connectivity index (χ4n) is 2.59. The smallest absolute Gasteiger partial charge is 0.238 e. The van der Waals surface area contributed by atoms with Crippen LogP contribution in [0, 0.1) is 11.7 Å². The Balaban J connectivity index is 1.78. The highest BCUT2D eigenvalue weighted by Gasteiger charge is 2.16. The molecule has 0 radical (unpaired) electrons. The normalized spacial score (nSPS) is 16.2. The molecule has 2 rings (SSSR count). The van der Waals surface area contributed by atoms with Gasteiger partial charge in [-0.1, -0.05) is 11.6 Å². The molecule has 0 unspecified atom stereocenters. The zero-order valence-corrected chi connectivity index (χ0v) is 12.9. The van der Waals surface area contributed by atoms with Crippen LogP contribution in [-0.4, -0.2) is 44.0 Å². The van der Waals surface area contributed by atoms with Crippen LogP contribution in [0.15, 0.2) is 18.2 Å². The predicted octanol–water partition coefficient (Wildman–Crippen LogP) is 2.35. The van der Waals surface area contributed by atoms with Gasteiger partial charge in [0, 0.05) is 12.2 Å². The van der Waals surface area contributed by atoms with Crippen LogP contribution in [0.3, 0.4) is 0 Å². The highest BCUT2D eigenvalue weighted by Crippen LogP contribution is 2.19. The number of hydrogen-bond acceptors (Lipinski definition) is 3. The van der Waals surface area contributed by atoms with Crippen molar-refractivity contribution in [2.45, 2.75) is 12.8 Å². The Bertz CT molecular complexity index is 492. The number of nitrogens with zero attached hydrogens (tertiary/aromatic N) is 1. The number of hydrogen-bond donors (Lipinski definition) is 2. The number of carbonyl (C=O) groups excluding carboxylic acids is 1. The number of halogens is 2. The van der Waals surface area contributed by atoms with Gasteiger partial charge in [-0.2, -0.15) is 0 Å². The summed E-state index contributed by atoms with van der Waals surface area (Å²) in [5, 5.41) is 6.07. The first kappa shape index (κ1) is 16.2. The lowest BCUT2D eigenvalue weighted by molar-refractivity contribution is -0.117. The fourth-order valence-corrected chi connectivity index (χ4v) is 2.77. The highest BCUT2D eigenvalue weighted by atomic mass is 35.5. The van der Waals surface area contributed by atoms with Crippen molar-refractivity contribution in [3.05, 3.63) is 29.0 Å². The van der Waals surface area contributed by atoms with Crippen molar-refractivity contribution in [1.82, 2.24) is 10.2 Å². The second-order valence-electron chi connectivity index (χ2n) is 5.57. The van der Waals surface area contributed by atoms with Crippen LogP contribution in [0.4, 0.5) is 10.1 Å². The topological polar surface area (TPSA) is 44.4 Å². The largest absolute Gasteiger partial charge is 0.325 e. The quantitative estimate of drug-likeness (QED) is 0.877. The lowest BCUT2D eigenvalue weighted by Gasteiger charge is -2.27. The first-order chi connectivity index (χ1) is 10.0. The zero-order chi connectivity index (χ0) is 15.2. The van der Waals surface area contributed by atoms with Gasteiger partial charge in [0.1, 0.15) is 5.82 Å². The van der Waals surface area contributed by atoms with Crippen molar-refractivity contribution < 1.29 is 9.18 Å². The fraction of sp³-hybridized carbons (Fsp3) is 0.533. The number of carbonyl (C=O) groups is 1. The highest BCUT2D eigenvalue weighted by molar-refractivity contribution is 6.31. The summed E-state index contributed by atoms with van der Waals surface area (Å²) in [5.41, 5.74) is 0.515. The third-order valence-corrected chi connectivity index (χ3v) is 3.94. The molecule has 0 aromatic heterocycles. The van der Waals surface area contributed by atoms with Crippen molar-refractivity contribution in [2.24, 2.45) is 5.92 Å². The van der Waals surface area contributed by atoms with Gasteiger partial charge < -0.3 is 10.6 Å². The van der Waals surface area contributed by atoms with Gasteiger partial charge >= 0.3 is 0 Å². The van der Waals surface area contributed by atoms with Crippen molar-refractivity contribution in [1.29, 1.82) is 0 Å². The van der Waals surface area contributed by atoms with Crippen molar-refractivity contribution in [2.75, 3.05) is 38.5 Å². The van der Waals surface area contributed by atoms with Gasteiger partial charge in [0.05, 0.1) is 11.6 Å². The lowest BCUT2D eigenvalue weighted by Crippen LogP contribution is -2.37. The van der Waals surface area contributed by atoms with Crippen LogP contribution in [0.5, 0.6) is 0 Å². The summed E-state index contributed by atoms with van der Waals surface area (Å²) in [7, 11) is 1.94. The minimum absolute atomic E-state index is 0.0101. The summed E-state index contributed by atoms with van der Waals surface area (Å²) in [4.78, 5) is 14.0. The van der Waals surface area contributed by atoms with E-state index in [4.69, 9.17) is 11.6 Å². The molecular weight excluding hydrogens is 293 g/mol. The summed E-state index contributed by atoms with van der Waals surface area (Å²) < 4.78 is 13.0. The molecule has 0 atom stereocenters. The number of likely N-dealkylation sites (N-methyl/N-ethyl adjacent to an activating group) is 1. The molecule has 1 saturated heterocycles. The molecule has 116 valence electrons. The van der Waals surface area contributed by atoms with Crippen molar-refractivity contribution >= 4 is 23.2 Å². The average Bonchev–Trinajstić information content (AvgIpc) is 2.43. The minimum atomic E-state index is -0.488. The molecule has 2 N–H and O–H groups in total. The second kappa shape index (κ2) is 7.73. The predicted molar refractivity (Wildman–Crippen MR) is 83.1 cm³/mol. The summed E-state index contributed by atoms with van der Waals surface area (Å²) in [6.45, 7) is 3.34. The van der Waals surface area contributed by atoms with Crippen LogP contribution in [0.1, 0.15) is 12.8 Å². The molecule has 0 spiro atoms. The Morgan fingerprint density at radius 3 is 2.86 bits per heavy atom. The Morgan fingerprint density at radius 1 is 1.48 bits per heavy atom. The number of anilines is 1. The van der Waals surface area contributed by atoms with E-state index < -0.39 is 5.82 Å². The van der Waals surface area contributed by atoms with E-state index in [0.29, 0.717) is 18.2 Å². The number of nitrogens with one attached hydrogen (secondary N) is 2. The van der Waals surface area contributed by atoms with E-state index in [2.05, 4.69) is 10.6 Å². The van der Waals surface area contributed by atoms with E-state index >= 15 is 0 Å². The summed E-state index contributed by atoms with van der Waals surface area (Å²) >= 11 is 5.69. The van der Waals surface area contributed by atoms with Gasteiger partial charge in [-0.3, -0.25) is 9.69 Å². The molecule has 6 heteroatoms. The Hall–Kier alpha value is -1.17. The van der Waals surface area contributed by atoms with E-state index in [1.807, 2.05) is 11.9 Å². The van der Waals surface area contributed by atoms with E-state index in [9.17, 15) is 9.18 Å². The van der Waals surface area contributed by atoms with Gasteiger partial charge in [0.25, 0.3) is 0 Å². The minimum Gasteiger partial charge on any atom is -0.325 e. The second-order valence-corrected chi connectivity index (χ2v) is 5.97. The zero-order valence-electron chi connectivity index (χ0n) is 12.2. The third-order valence-electron chi connectivity index (χ3n) is 3.65. The van der Waals surface area contributed by atoms with Gasteiger partial charge in [0.15, 0.2) is 0 Å². The molecule has 1 aliphatic rings. The number of benzene rings is 1. The maximum absolute atomic E-state index is 13.0. The maximum atomic E-state index is 13.0. The molecule has 4 nitrogen and oxygen atoms in total. The Morgan fingerprint density at radius 2 is 2.19 bits per heavy atom. The summed E-state index contributed by atoms with van der Waals surface area (Å²) in [6.07, 6.45) is 2.30. The molecule has 1 fully saturated rings. The average molecular weight is 314 g/mol. The summed E-state index contributed by atoms with van der Waals surface area (Å²) in [6, 6.07) is 4.17. The van der Waals surface area contributed by atoms with Gasteiger partial charge in [-0.25, -0.2) is 4.39 Å². The van der Waals surface area contributed by atoms with Crippen LogP contribution >= 0.6 is 11.6 Å². The number of rotatable bonds is 5. The molecule has 21 heavy (non-hydrogen) atoms. The molecule has 0 aliphatic carbocycles. The van der Waals surface area contributed by atoms with Crippen LogP contribution < -0.4 is 10.6 Å². The maximum Gasteiger partial charge on any atom is 0.238 e. The first-order valence-corrected chi connectivity index (χ1v) is 7.56. The molecule has 1 aromatic carbocycles. The molecule has 1 amide bonds. The standard InChI is InChI=1S/C15H21ClFN3O/c1-20(9-11-4-6-18-7-5-11)10-15(21)19-12-2-3-14(17)13(16)8-12/h2-3,8,11,18H,4-7,9-10H2,1H3,(H,19,21). The molecule has 1 aromatic rings. The Kier molecular flexibility index (Phi) is 5.96. The van der Waals surface area contributed by atoms with Crippen LogP contribution in [-0.2, 0) is 4.79 Å². The number of amides is 1. The third kappa shape index (κ3) is 5.26. The Labute approximate surface area is 129 Å². The van der Waals surface area contributed by atoms with E-state index in [0.717, 1.165) is 32.5 Å². The summed E-state index contributed by atoms with van der Waals surface area (Å²) in [5.74, 6) is 0.0381. The van der Waals surface area contributed by atoms with Crippen molar-refractivity contribution in [3.63, 3.8) is 0 Å². The molecular formula is C15H21ClFN3O. The number of piperidine rings is 1. The van der Waals surface area contributed by atoms with Gasteiger partial charge in [0.2, 0.25) is 5.91 Å². The van der Waals surface area contributed by atoms with Crippen LogP contribution in [0.2, 0.25) is 5.02 Å². The SMILES string of the molecule is CN(CC(=O)Nc1ccc(F)c(Cl)c1)CC1CCNCC1. The van der Waals surface area contributed by atoms with Crippen LogP contribution in [0.25, 0.3) is 0 Å².